The molecule has 3 aromatic rings. The van der Waals surface area contributed by atoms with E-state index in [1.54, 1.807) is 26.0 Å². The molecule has 3 atom stereocenters. The van der Waals surface area contributed by atoms with E-state index in [-0.39, 0.29) is 19.1 Å². The first-order chi connectivity index (χ1) is 18.9. The smallest absolute Gasteiger partial charge is 0.497 e. The highest BCUT2D eigenvalue weighted by Crippen LogP contribution is 2.44. The molecule has 39 heavy (non-hydrogen) atoms. The van der Waals surface area contributed by atoms with Crippen molar-refractivity contribution in [3.63, 3.8) is 0 Å². The Morgan fingerprint density at radius 1 is 0.923 bits per heavy atom. The Hall–Kier alpha value is -4.30. The summed E-state index contributed by atoms with van der Waals surface area (Å²) in [7, 11) is 3.18. The number of methoxy groups -OCH3 is 2. The summed E-state index contributed by atoms with van der Waals surface area (Å²) in [6.07, 6.45) is -1.68. The molecule has 3 aromatic carbocycles. The molecule has 1 fully saturated rings. The molecule has 1 saturated heterocycles. The lowest BCUT2D eigenvalue weighted by atomic mass is 9.76. The second-order valence-corrected chi connectivity index (χ2v) is 9.33. The van der Waals surface area contributed by atoms with Crippen LogP contribution in [0, 0.1) is 5.92 Å². The van der Waals surface area contributed by atoms with E-state index in [9.17, 15) is 14.7 Å². The summed E-state index contributed by atoms with van der Waals surface area (Å²) < 4.78 is 21.4. The summed E-state index contributed by atoms with van der Waals surface area (Å²) in [6, 6.07) is 23.1. The van der Waals surface area contributed by atoms with E-state index < -0.39 is 30.3 Å². The van der Waals surface area contributed by atoms with Crippen molar-refractivity contribution in [1.29, 1.82) is 0 Å². The number of aliphatic hydroxyl groups is 1. The van der Waals surface area contributed by atoms with Crippen LogP contribution in [-0.2, 0) is 20.9 Å². The molecule has 0 aliphatic carbocycles. The minimum Gasteiger partial charge on any atom is -0.497 e. The Labute approximate surface area is 228 Å². The molecule has 0 unspecified atom stereocenters. The molecule has 1 aliphatic rings. The summed E-state index contributed by atoms with van der Waals surface area (Å²) in [5.41, 5.74) is 2.96. The lowest BCUT2D eigenvalue weighted by Gasteiger charge is -2.53. The summed E-state index contributed by atoms with van der Waals surface area (Å²) in [5.74, 6) is 0.419. The van der Waals surface area contributed by atoms with E-state index in [0.29, 0.717) is 17.1 Å². The van der Waals surface area contributed by atoms with E-state index in [1.165, 1.54) is 0 Å². The number of carbonyl (C=O) groups is 2. The predicted molar refractivity (Wildman–Crippen MR) is 145 cm³/mol. The van der Waals surface area contributed by atoms with E-state index in [1.807, 2.05) is 78.9 Å². The van der Waals surface area contributed by atoms with Gasteiger partial charge in [0.15, 0.2) is 0 Å². The van der Waals surface area contributed by atoms with Gasteiger partial charge >= 0.3 is 6.16 Å². The predicted octanol–water partition coefficient (Wildman–Crippen LogP) is 4.91. The first-order valence-electron chi connectivity index (χ1n) is 12.6. The fourth-order valence-electron chi connectivity index (χ4n) is 4.89. The molecule has 204 valence electrons. The number of carbonyl (C=O) groups excluding carboxylic acids is 2. The SMILES string of the molecule is C=C(CO)[C@@H]1[C@@H]([C@@H](C)OC(=O)OCc2ccccc2)C(=O)N1C(c1ccc(OC)cc1)c1ccc(OC)cc1. The van der Waals surface area contributed by atoms with Crippen LogP contribution in [0.25, 0.3) is 0 Å². The van der Waals surface area contributed by atoms with Gasteiger partial charge < -0.3 is 29.0 Å². The van der Waals surface area contributed by atoms with Gasteiger partial charge in [0.05, 0.1) is 38.8 Å². The van der Waals surface area contributed by atoms with Gasteiger partial charge in [0, 0.05) is 0 Å². The average molecular weight is 532 g/mol. The zero-order valence-electron chi connectivity index (χ0n) is 22.3. The van der Waals surface area contributed by atoms with Gasteiger partial charge in [-0.2, -0.15) is 0 Å². The summed E-state index contributed by atoms with van der Waals surface area (Å²) >= 11 is 0. The summed E-state index contributed by atoms with van der Waals surface area (Å²) in [6.45, 7) is 5.42. The zero-order chi connectivity index (χ0) is 27.9. The van der Waals surface area contributed by atoms with Crippen molar-refractivity contribution in [2.75, 3.05) is 20.8 Å². The average Bonchev–Trinajstić information content (AvgIpc) is 2.97. The Morgan fingerprint density at radius 3 is 1.95 bits per heavy atom. The Morgan fingerprint density at radius 2 is 1.46 bits per heavy atom. The Bertz CT molecular complexity index is 1230. The van der Waals surface area contributed by atoms with Crippen molar-refractivity contribution in [3.8, 4) is 11.5 Å². The second-order valence-electron chi connectivity index (χ2n) is 9.33. The number of hydrogen-bond donors (Lipinski definition) is 1. The normalized spacial score (nSPS) is 17.3. The van der Waals surface area contributed by atoms with Crippen molar-refractivity contribution in [2.24, 2.45) is 5.92 Å². The van der Waals surface area contributed by atoms with E-state index in [2.05, 4.69) is 6.58 Å². The van der Waals surface area contributed by atoms with Crippen LogP contribution < -0.4 is 9.47 Å². The molecule has 8 nitrogen and oxygen atoms in total. The van der Waals surface area contributed by atoms with Gasteiger partial charge in [-0.05, 0) is 53.5 Å². The zero-order valence-corrected chi connectivity index (χ0v) is 22.3. The topological polar surface area (TPSA) is 94.5 Å². The number of β-lactam (4-membered cyclic amide) rings is 1. The minimum atomic E-state index is -0.868. The molecule has 1 aliphatic heterocycles. The van der Waals surface area contributed by atoms with Crippen LogP contribution in [0.4, 0.5) is 4.79 Å². The largest absolute Gasteiger partial charge is 0.508 e. The number of hydrogen-bond acceptors (Lipinski definition) is 7. The van der Waals surface area contributed by atoms with Crippen LogP contribution in [0.15, 0.2) is 91.0 Å². The molecule has 8 heteroatoms. The lowest BCUT2D eigenvalue weighted by molar-refractivity contribution is -0.165. The summed E-state index contributed by atoms with van der Waals surface area (Å²) in [4.78, 5) is 27.9. The molecule has 0 radical (unpaired) electrons. The highest BCUT2D eigenvalue weighted by atomic mass is 16.7. The number of likely N-dealkylation sites (tertiary alicyclic amines) is 1. The van der Waals surface area contributed by atoms with Crippen molar-refractivity contribution < 1.29 is 33.6 Å². The van der Waals surface area contributed by atoms with Gasteiger partial charge in [-0.25, -0.2) is 4.79 Å². The van der Waals surface area contributed by atoms with Gasteiger partial charge in [-0.15, -0.1) is 0 Å². The maximum atomic E-state index is 13.8. The van der Waals surface area contributed by atoms with Crippen LogP contribution in [-0.4, -0.2) is 55.0 Å². The van der Waals surface area contributed by atoms with Crippen molar-refractivity contribution in [2.45, 2.75) is 31.7 Å². The van der Waals surface area contributed by atoms with Crippen molar-refractivity contribution in [1.82, 2.24) is 4.90 Å². The second kappa shape index (κ2) is 12.5. The van der Waals surface area contributed by atoms with Crippen molar-refractivity contribution in [3.05, 3.63) is 108 Å². The van der Waals surface area contributed by atoms with Crippen LogP contribution in [0.1, 0.15) is 29.7 Å². The number of aliphatic hydroxyl groups excluding tert-OH is 1. The molecule has 0 spiro atoms. The van der Waals surface area contributed by atoms with Crippen LogP contribution in [0.5, 0.6) is 11.5 Å². The Balaban J connectivity index is 1.59. The standard InChI is InChI=1S/C31H33NO7/c1-20(18-33)28-27(21(2)39-31(35)38-19-22-8-6-5-7-9-22)30(34)32(28)29(23-10-14-25(36-3)15-11-23)24-12-16-26(37-4)17-13-24/h5-17,21,27-29,33H,1,18-19H2,2-4H3/t21-,27-,28-/m1/s1. The Kier molecular flexibility index (Phi) is 8.88. The number of ether oxygens (including phenoxy) is 4. The minimum absolute atomic E-state index is 0.0565. The van der Waals surface area contributed by atoms with Gasteiger partial charge in [0.25, 0.3) is 0 Å². The van der Waals surface area contributed by atoms with Gasteiger partial charge in [0.2, 0.25) is 5.91 Å². The number of amides is 1. The van der Waals surface area contributed by atoms with Crippen LogP contribution >= 0.6 is 0 Å². The number of rotatable bonds is 11. The van der Waals surface area contributed by atoms with Gasteiger partial charge in [-0.1, -0.05) is 61.2 Å². The molecular weight excluding hydrogens is 498 g/mol. The lowest BCUT2D eigenvalue weighted by Crippen LogP contribution is -2.66. The fourth-order valence-corrected chi connectivity index (χ4v) is 4.89. The molecule has 1 heterocycles. The number of nitrogens with zero attached hydrogens (tertiary/aromatic N) is 1. The highest BCUT2D eigenvalue weighted by molar-refractivity contribution is 5.89. The van der Waals surface area contributed by atoms with Crippen LogP contribution in [0.2, 0.25) is 0 Å². The van der Waals surface area contributed by atoms with Crippen LogP contribution in [0.3, 0.4) is 0 Å². The maximum Gasteiger partial charge on any atom is 0.508 e. The fraction of sp³-hybridized carbons (Fsp3) is 0.290. The molecule has 4 rings (SSSR count). The molecule has 1 N–H and O–H groups in total. The molecular formula is C31H33NO7. The first kappa shape index (κ1) is 27.7. The molecule has 0 aromatic heterocycles. The van der Waals surface area contributed by atoms with Gasteiger partial charge in [0.1, 0.15) is 24.2 Å². The quantitative estimate of drug-likeness (QED) is 0.213. The third-order valence-corrected chi connectivity index (χ3v) is 6.93. The third-order valence-electron chi connectivity index (χ3n) is 6.93. The van der Waals surface area contributed by atoms with E-state index in [0.717, 1.165) is 16.7 Å². The van der Waals surface area contributed by atoms with E-state index >= 15 is 0 Å². The molecule has 1 amide bonds. The highest BCUT2D eigenvalue weighted by Gasteiger charge is 2.55. The molecule has 0 saturated carbocycles. The van der Waals surface area contributed by atoms with E-state index in [4.69, 9.17) is 18.9 Å². The summed E-state index contributed by atoms with van der Waals surface area (Å²) in [5, 5.41) is 10.0. The maximum absolute atomic E-state index is 13.8. The first-order valence-corrected chi connectivity index (χ1v) is 12.6. The van der Waals surface area contributed by atoms with Gasteiger partial charge in [-0.3, -0.25) is 4.79 Å². The monoisotopic (exact) mass is 531 g/mol. The third kappa shape index (κ3) is 6.07. The molecule has 0 bridgehead atoms. The number of benzene rings is 3. The van der Waals surface area contributed by atoms with Crippen molar-refractivity contribution >= 4 is 12.1 Å².